The number of alkyl halides is 3. The molecule has 2 aromatic heterocycles. The number of hydrogen-bond donors (Lipinski definition) is 1. The van der Waals surface area contributed by atoms with Crippen LogP contribution < -0.4 is 5.32 Å². The lowest BCUT2D eigenvalue weighted by atomic mass is 9.97. The van der Waals surface area contributed by atoms with Crippen LogP contribution in [0.3, 0.4) is 0 Å². The van der Waals surface area contributed by atoms with E-state index < -0.39 is 11.7 Å². The summed E-state index contributed by atoms with van der Waals surface area (Å²) in [5.41, 5.74) is 2.55. The quantitative estimate of drug-likeness (QED) is 0.249. The second-order valence-electron chi connectivity index (χ2n) is 10.3. The number of aryl methyl sites for hydroxylation is 2. The highest BCUT2D eigenvalue weighted by Gasteiger charge is 2.31. The third-order valence-electron chi connectivity index (χ3n) is 6.60. The van der Waals surface area contributed by atoms with E-state index in [1.54, 1.807) is 49.0 Å². The number of carbonyl (C=O) groups excluding carboxylic acids is 2. The number of halogens is 3. The molecule has 0 saturated heterocycles. The molecule has 0 bridgehead atoms. The Bertz CT molecular complexity index is 1690. The Labute approximate surface area is 242 Å². The Morgan fingerprint density at radius 1 is 1.05 bits per heavy atom. The maximum atomic E-state index is 13.7. The molecule has 0 aliphatic rings. The molecule has 8 nitrogen and oxygen atoms in total. The van der Waals surface area contributed by atoms with Crippen LogP contribution in [0.15, 0.2) is 55.1 Å². The fourth-order valence-corrected chi connectivity index (χ4v) is 4.21. The first-order valence-corrected chi connectivity index (χ1v) is 13.1. The van der Waals surface area contributed by atoms with Gasteiger partial charge in [-0.15, -0.1) is 0 Å². The number of imidazole rings is 2. The molecular weight excluding hydrogens is 545 g/mol. The average Bonchev–Trinajstić information content (AvgIpc) is 3.52. The Kier molecular flexibility index (Phi) is 8.97. The van der Waals surface area contributed by atoms with Crippen LogP contribution in [0.5, 0.6) is 0 Å². The van der Waals surface area contributed by atoms with Crippen LogP contribution in [-0.2, 0) is 19.6 Å². The number of nitrogens with one attached hydrogen (secondary N) is 1. The van der Waals surface area contributed by atoms with Gasteiger partial charge in [-0.05, 0) is 69.3 Å². The maximum absolute atomic E-state index is 13.7. The Hall–Kier alpha value is -4.69. The van der Waals surface area contributed by atoms with E-state index in [2.05, 4.69) is 27.1 Å². The van der Waals surface area contributed by atoms with Crippen LogP contribution in [-0.4, -0.2) is 62.9 Å². The van der Waals surface area contributed by atoms with Gasteiger partial charge in [0, 0.05) is 49.6 Å². The molecule has 0 unspecified atom stereocenters. The van der Waals surface area contributed by atoms with Gasteiger partial charge in [0.15, 0.2) is 11.6 Å². The first kappa shape index (κ1) is 30.3. The number of aromatic nitrogens is 4. The molecule has 42 heavy (non-hydrogen) atoms. The summed E-state index contributed by atoms with van der Waals surface area (Å²) in [7, 11) is 5.52. The van der Waals surface area contributed by atoms with Crippen LogP contribution in [0, 0.1) is 25.7 Å². The number of nitrogens with zero attached hydrogens (tertiary/aromatic N) is 5. The van der Waals surface area contributed by atoms with Crippen molar-refractivity contribution >= 4 is 11.7 Å². The van der Waals surface area contributed by atoms with E-state index in [1.165, 1.54) is 17.1 Å². The predicted octanol–water partition coefficient (Wildman–Crippen LogP) is 4.36. The number of benzene rings is 2. The number of rotatable bonds is 8. The summed E-state index contributed by atoms with van der Waals surface area (Å²) >= 11 is 0. The molecule has 0 saturated carbocycles. The van der Waals surface area contributed by atoms with Crippen LogP contribution in [0.25, 0.3) is 5.69 Å². The van der Waals surface area contributed by atoms with Crippen molar-refractivity contribution in [2.45, 2.75) is 26.4 Å². The largest absolute Gasteiger partial charge is 0.416 e. The average molecular weight is 577 g/mol. The molecule has 0 radical (unpaired) electrons. The van der Waals surface area contributed by atoms with Gasteiger partial charge in [-0.1, -0.05) is 18.1 Å². The van der Waals surface area contributed by atoms with Crippen LogP contribution in [0.2, 0.25) is 0 Å². The number of amides is 1. The van der Waals surface area contributed by atoms with E-state index >= 15 is 0 Å². The summed E-state index contributed by atoms with van der Waals surface area (Å²) < 4.78 is 44.1. The van der Waals surface area contributed by atoms with Crippen molar-refractivity contribution in [1.29, 1.82) is 0 Å². The van der Waals surface area contributed by atoms with Crippen molar-refractivity contribution in [2.24, 2.45) is 7.05 Å². The van der Waals surface area contributed by atoms with Gasteiger partial charge in [-0.25, -0.2) is 9.97 Å². The number of likely N-dealkylation sites (N-methyl/N-ethyl adjacent to an activating group) is 1. The summed E-state index contributed by atoms with van der Waals surface area (Å²) in [5.74, 6) is 5.62. The molecule has 0 aliphatic carbocycles. The second kappa shape index (κ2) is 12.4. The molecule has 1 amide bonds. The third kappa shape index (κ3) is 7.33. The minimum atomic E-state index is -4.57. The zero-order valence-corrected chi connectivity index (χ0v) is 24.0. The first-order valence-electron chi connectivity index (χ1n) is 13.1. The lowest BCUT2D eigenvalue weighted by molar-refractivity contribution is -0.137. The number of ketones is 1. The van der Waals surface area contributed by atoms with E-state index in [9.17, 15) is 22.8 Å². The van der Waals surface area contributed by atoms with Crippen molar-refractivity contribution in [3.05, 3.63) is 100 Å². The van der Waals surface area contributed by atoms with Gasteiger partial charge in [0.1, 0.15) is 5.69 Å². The molecule has 2 heterocycles. The highest BCUT2D eigenvalue weighted by Crippen LogP contribution is 2.32. The molecule has 0 spiro atoms. The van der Waals surface area contributed by atoms with Crippen LogP contribution >= 0.6 is 0 Å². The molecule has 2 aromatic carbocycles. The fraction of sp³-hybridized carbons (Fsp3) is 0.290. The van der Waals surface area contributed by atoms with Crippen molar-refractivity contribution in [3.63, 3.8) is 0 Å². The summed E-state index contributed by atoms with van der Waals surface area (Å²) in [5, 5.41) is 2.82. The van der Waals surface area contributed by atoms with E-state index in [0.29, 0.717) is 35.6 Å². The number of carbonyl (C=O) groups is 2. The van der Waals surface area contributed by atoms with E-state index in [4.69, 9.17) is 0 Å². The Balaban J connectivity index is 1.56. The number of hydrogen-bond acceptors (Lipinski definition) is 5. The predicted molar refractivity (Wildman–Crippen MR) is 153 cm³/mol. The minimum absolute atomic E-state index is 0.227. The highest BCUT2D eigenvalue weighted by molar-refractivity contribution is 5.98. The van der Waals surface area contributed by atoms with Gasteiger partial charge in [0.2, 0.25) is 0 Å². The molecule has 0 aliphatic heterocycles. The maximum Gasteiger partial charge on any atom is 0.416 e. The molecule has 218 valence electrons. The minimum Gasteiger partial charge on any atom is -0.348 e. The second-order valence-corrected chi connectivity index (χ2v) is 10.3. The highest BCUT2D eigenvalue weighted by atomic mass is 19.4. The van der Waals surface area contributed by atoms with Crippen molar-refractivity contribution in [1.82, 2.24) is 29.3 Å². The van der Waals surface area contributed by atoms with E-state index in [1.807, 2.05) is 25.9 Å². The Morgan fingerprint density at radius 2 is 1.81 bits per heavy atom. The zero-order chi connectivity index (χ0) is 30.6. The lowest BCUT2D eigenvalue weighted by Crippen LogP contribution is -2.32. The monoisotopic (exact) mass is 576 g/mol. The van der Waals surface area contributed by atoms with Gasteiger partial charge in [-0.3, -0.25) is 9.59 Å². The van der Waals surface area contributed by atoms with Crippen molar-refractivity contribution < 1.29 is 22.8 Å². The molecule has 0 fully saturated rings. The van der Waals surface area contributed by atoms with Gasteiger partial charge in [0.25, 0.3) is 5.91 Å². The third-order valence-corrected chi connectivity index (χ3v) is 6.60. The summed E-state index contributed by atoms with van der Waals surface area (Å²) in [6.07, 6.45) is -0.243. The standard InChI is InChI=1S/C31H31F3N6O2/c1-20-6-7-24(15-23(20)8-9-26-17-36-29(39(26)5)30(42)35-10-11-38(3)4)28(41)14-22-12-25(31(32,33)34)16-27(13-22)40-18-21(2)37-19-40/h6-7,12-13,15-19H,10-11,14H2,1-5H3,(H,35,42). The molecule has 0 atom stereocenters. The van der Waals surface area contributed by atoms with Crippen LogP contribution in [0.4, 0.5) is 13.2 Å². The van der Waals surface area contributed by atoms with Crippen molar-refractivity contribution in [3.8, 4) is 17.5 Å². The van der Waals surface area contributed by atoms with E-state index in [0.717, 1.165) is 17.7 Å². The zero-order valence-electron chi connectivity index (χ0n) is 24.0. The van der Waals surface area contributed by atoms with Gasteiger partial charge >= 0.3 is 6.18 Å². The van der Waals surface area contributed by atoms with Gasteiger partial charge in [0.05, 0.1) is 23.8 Å². The molecule has 4 aromatic rings. The number of Topliss-reactive ketones (excluding diaryl/α,β-unsaturated/α-hetero) is 1. The van der Waals surface area contributed by atoms with E-state index in [-0.39, 0.29) is 35.2 Å². The SMILES string of the molecule is Cc1cn(-c2cc(CC(=O)c3ccc(C)c(C#Cc4cnc(C(=O)NCCN(C)C)n4C)c3)cc(C(F)(F)F)c2)cn1. The molecule has 1 N–H and O–H groups in total. The Morgan fingerprint density at radius 3 is 2.48 bits per heavy atom. The molecular formula is C31H31F3N6O2. The summed E-state index contributed by atoms with van der Waals surface area (Å²) in [6, 6.07) is 8.60. The normalized spacial score (nSPS) is 11.4. The summed E-state index contributed by atoms with van der Waals surface area (Å²) in [6.45, 7) is 4.75. The topological polar surface area (TPSA) is 85.0 Å². The van der Waals surface area contributed by atoms with Crippen molar-refractivity contribution in [2.75, 3.05) is 27.2 Å². The molecule has 4 rings (SSSR count). The first-order chi connectivity index (χ1) is 19.8. The lowest BCUT2D eigenvalue weighted by Gasteiger charge is -2.13. The van der Waals surface area contributed by atoms with Gasteiger partial charge < -0.3 is 19.4 Å². The van der Waals surface area contributed by atoms with Gasteiger partial charge in [-0.2, -0.15) is 13.2 Å². The fourth-order valence-electron chi connectivity index (χ4n) is 4.21. The van der Waals surface area contributed by atoms with Crippen LogP contribution in [0.1, 0.15) is 54.6 Å². The molecule has 11 heteroatoms. The smallest absolute Gasteiger partial charge is 0.348 e. The summed E-state index contributed by atoms with van der Waals surface area (Å²) in [4.78, 5) is 35.9.